The molecular formula is C24H33FN2O4. The van der Waals surface area contributed by atoms with Crippen LogP contribution in [0.5, 0.6) is 0 Å². The molecule has 0 radical (unpaired) electrons. The summed E-state index contributed by atoms with van der Waals surface area (Å²) >= 11 is 0. The van der Waals surface area contributed by atoms with E-state index in [9.17, 15) is 14.0 Å². The number of halogens is 1. The molecule has 0 saturated carbocycles. The first-order chi connectivity index (χ1) is 14.9. The lowest BCUT2D eigenvalue weighted by molar-refractivity contribution is -0.158. The van der Waals surface area contributed by atoms with Gasteiger partial charge in [-0.15, -0.1) is 0 Å². The number of ether oxygens (including phenoxy) is 2. The van der Waals surface area contributed by atoms with E-state index < -0.39 is 5.41 Å². The van der Waals surface area contributed by atoms with E-state index in [0.717, 1.165) is 25.7 Å². The molecule has 31 heavy (non-hydrogen) atoms. The molecular weight excluding hydrogens is 399 g/mol. The van der Waals surface area contributed by atoms with E-state index in [1.54, 1.807) is 25.1 Å². The van der Waals surface area contributed by atoms with Crippen molar-refractivity contribution in [2.75, 3.05) is 40.0 Å². The highest BCUT2D eigenvalue weighted by molar-refractivity contribution is 5.88. The Balaban J connectivity index is 1.49. The lowest BCUT2D eigenvalue weighted by atomic mass is 9.72. The Labute approximate surface area is 183 Å². The van der Waals surface area contributed by atoms with Crippen molar-refractivity contribution in [1.82, 2.24) is 9.80 Å². The van der Waals surface area contributed by atoms with Gasteiger partial charge in [0, 0.05) is 58.5 Å². The summed E-state index contributed by atoms with van der Waals surface area (Å²) in [5.74, 6) is -0.248. The molecule has 0 aromatic heterocycles. The molecule has 1 aromatic rings. The quantitative estimate of drug-likeness (QED) is 0.737. The van der Waals surface area contributed by atoms with Gasteiger partial charge in [0.25, 0.3) is 0 Å². The second-order valence-electron chi connectivity index (χ2n) is 9.27. The number of amides is 2. The minimum Gasteiger partial charge on any atom is -0.381 e. The van der Waals surface area contributed by atoms with Gasteiger partial charge in [0.2, 0.25) is 11.8 Å². The molecule has 1 aromatic carbocycles. The Morgan fingerprint density at radius 1 is 1.10 bits per heavy atom. The molecule has 2 amide bonds. The molecule has 3 aliphatic heterocycles. The number of carbonyl (C=O) groups is 2. The average molecular weight is 433 g/mol. The van der Waals surface area contributed by atoms with Crippen molar-refractivity contribution in [2.24, 2.45) is 0 Å². The van der Waals surface area contributed by atoms with Crippen LogP contribution in [-0.4, -0.2) is 73.2 Å². The molecule has 1 unspecified atom stereocenters. The van der Waals surface area contributed by atoms with Crippen molar-refractivity contribution in [3.05, 3.63) is 35.6 Å². The Morgan fingerprint density at radius 3 is 2.42 bits per heavy atom. The predicted octanol–water partition coefficient (Wildman–Crippen LogP) is 2.89. The van der Waals surface area contributed by atoms with Gasteiger partial charge in [0.1, 0.15) is 5.82 Å². The highest BCUT2D eigenvalue weighted by Crippen LogP contribution is 2.41. The van der Waals surface area contributed by atoms with Crippen molar-refractivity contribution in [3.63, 3.8) is 0 Å². The summed E-state index contributed by atoms with van der Waals surface area (Å²) in [5, 5.41) is 0. The monoisotopic (exact) mass is 432 g/mol. The maximum absolute atomic E-state index is 14.8. The summed E-state index contributed by atoms with van der Waals surface area (Å²) in [4.78, 5) is 29.3. The van der Waals surface area contributed by atoms with Crippen LogP contribution in [0.2, 0.25) is 0 Å². The van der Waals surface area contributed by atoms with Gasteiger partial charge < -0.3 is 19.3 Å². The number of piperidine rings is 1. The summed E-state index contributed by atoms with van der Waals surface area (Å²) in [6.07, 6.45) is 4.12. The van der Waals surface area contributed by atoms with Crippen molar-refractivity contribution >= 4 is 11.8 Å². The van der Waals surface area contributed by atoms with Crippen molar-refractivity contribution in [2.45, 2.75) is 62.5 Å². The van der Waals surface area contributed by atoms with Crippen molar-refractivity contribution in [1.29, 1.82) is 0 Å². The Hall–Kier alpha value is -1.99. The average Bonchev–Trinajstić information content (AvgIpc) is 2.79. The van der Waals surface area contributed by atoms with Crippen LogP contribution in [0.15, 0.2) is 24.3 Å². The van der Waals surface area contributed by atoms with Crippen LogP contribution >= 0.6 is 0 Å². The minimum atomic E-state index is -0.862. The van der Waals surface area contributed by atoms with Gasteiger partial charge >= 0.3 is 0 Å². The zero-order valence-electron chi connectivity index (χ0n) is 18.6. The van der Waals surface area contributed by atoms with Crippen LogP contribution in [0.4, 0.5) is 4.39 Å². The van der Waals surface area contributed by atoms with Crippen LogP contribution < -0.4 is 0 Å². The van der Waals surface area contributed by atoms with Gasteiger partial charge in [-0.3, -0.25) is 9.59 Å². The number of likely N-dealkylation sites (tertiary alicyclic amines) is 1. The van der Waals surface area contributed by atoms with Gasteiger partial charge in [0.15, 0.2) is 0 Å². The molecule has 3 fully saturated rings. The third kappa shape index (κ3) is 4.22. The smallest absolute Gasteiger partial charge is 0.233 e. The fraction of sp³-hybridized carbons (Fsp3) is 0.667. The highest BCUT2D eigenvalue weighted by atomic mass is 19.1. The zero-order chi connectivity index (χ0) is 22.1. The Morgan fingerprint density at radius 2 is 1.77 bits per heavy atom. The van der Waals surface area contributed by atoms with Gasteiger partial charge in [-0.2, -0.15) is 0 Å². The van der Waals surface area contributed by atoms with Gasteiger partial charge in [-0.05, 0) is 44.6 Å². The normalized spacial score (nSPS) is 25.3. The van der Waals surface area contributed by atoms with Gasteiger partial charge in [0.05, 0.1) is 11.0 Å². The van der Waals surface area contributed by atoms with Crippen LogP contribution in [0.1, 0.15) is 51.0 Å². The first-order valence-electron chi connectivity index (χ1n) is 11.4. The molecule has 3 saturated heterocycles. The first-order valence-corrected chi connectivity index (χ1v) is 11.4. The number of benzene rings is 1. The predicted molar refractivity (Wildman–Crippen MR) is 114 cm³/mol. The molecule has 3 aliphatic rings. The number of nitrogens with zero attached hydrogens (tertiary/aromatic N) is 2. The fourth-order valence-corrected chi connectivity index (χ4v) is 5.53. The Bertz CT molecular complexity index is 816. The molecule has 0 aliphatic carbocycles. The molecule has 1 spiro atoms. The molecule has 1 atom stereocenters. The summed E-state index contributed by atoms with van der Waals surface area (Å²) in [7, 11) is 1.86. The highest BCUT2D eigenvalue weighted by Gasteiger charge is 2.48. The molecule has 0 N–H and O–H groups in total. The number of hydrogen-bond donors (Lipinski definition) is 0. The van der Waals surface area contributed by atoms with E-state index in [1.165, 1.54) is 6.07 Å². The summed E-state index contributed by atoms with van der Waals surface area (Å²) in [6, 6.07) is 6.82. The molecule has 170 valence electrons. The molecule has 4 rings (SSSR count). The van der Waals surface area contributed by atoms with Crippen LogP contribution in [0.25, 0.3) is 0 Å². The van der Waals surface area contributed by atoms with Crippen molar-refractivity contribution < 1.29 is 23.5 Å². The van der Waals surface area contributed by atoms with E-state index >= 15 is 0 Å². The maximum Gasteiger partial charge on any atom is 0.233 e. The summed E-state index contributed by atoms with van der Waals surface area (Å²) in [5.41, 5.74) is -0.663. The van der Waals surface area contributed by atoms with E-state index in [-0.39, 0.29) is 29.3 Å². The van der Waals surface area contributed by atoms with E-state index in [4.69, 9.17) is 9.47 Å². The topological polar surface area (TPSA) is 59.1 Å². The standard InChI is InChI=1S/C24H33FN2O4/c1-18(28)26(2)19-7-14-31-23(17-19)8-12-27(13-9-23)22(29)24(10-15-30-16-11-24)20-5-3-4-6-21(20)25/h3-6,19H,7-17H2,1-2H3. The molecule has 7 heteroatoms. The van der Waals surface area contributed by atoms with Crippen LogP contribution in [-0.2, 0) is 24.5 Å². The van der Waals surface area contributed by atoms with Crippen molar-refractivity contribution in [3.8, 4) is 0 Å². The fourth-order valence-electron chi connectivity index (χ4n) is 5.53. The lowest BCUT2D eigenvalue weighted by Gasteiger charge is -2.49. The maximum atomic E-state index is 14.8. The van der Waals surface area contributed by atoms with Gasteiger partial charge in [-0.25, -0.2) is 4.39 Å². The SMILES string of the molecule is CC(=O)N(C)C1CCOC2(CCN(C(=O)C3(c4ccccc4F)CCOCC3)CC2)C1. The third-order valence-corrected chi connectivity index (χ3v) is 7.62. The summed E-state index contributed by atoms with van der Waals surface area (Å²) < 4.78 is 26.5. The van der Waals surface area contributed by atoms with Crippen LogP contribution in [0.3, 0.4) is 0 Å². The van der Waals surface area contributed by atoms with Crippen LogP contribution in [0, 0.1) is 5.82 Å². The van der Waals surface area contributed by atoms with E-state index in [0.29, 0.717) is 51.3 Å². The second-order valence-corrected chi connectivity index (χ2v) is 9.27. The molecule has 3 heterocycles. The number of carbonyl (C=O) groups excluding carboxylic acids is 2. The minimum absolute atomic E-state index is 0.00367. The number of rotatable bonds is 3. The second kappa shape index (κ2) is 8.87. The largest absolute Gasteiger partial charge is 0.381 e. The number of hydrogen-bond acceptors (Lipinski definition) is 4. The lowest BCUT2D eigenvalue weighted by Crippen LogP contribution is -2.57. The van der Waals surface area contributed by atoms with Gasteiger partial charge in [-0.1, -0.05) is 18.2 Å². The van der Waals surface area contributed by atoms with E-state index in [2.05, 4.69) is 0 Å². The molecule has 0 bridgehead atoms. The third-order valence-electron chi connectivity index (χ3n) is 7.62. The molecule has 6 nitrogen and oxygen atoms in total. The van der Waals surface area contributed by atoms with E-state index in [1.807, 2.05) is 16.8 Å². The summed E-state index contributed by atoms with van der Waals surface area (Å²) in [6.45, 7) is 4.32. The Kier molecular flexibility index (Phi) is 6.35. The first kappa shape index (κ1) is 22.2. The zero-order valence-corrected chi connectivity index (χ0v) is 18.6.